The maximum absolute atomic E-state index is 7.10. The predicted octanol–water partition coefficient (Wildman–Crippen LogP) is 9.79. The molecule has 4 aromatic rings. The summed E-state index contributed by atoms with van der Waals surface area (Å²) in [6.07, 6.45) is 0. The summed E-state index contributed by atoms with van der Waals surface area (Å²) >= 11 is -2.84. The molecule has 0 spiro atoms. The molecule has 0 N–H and O–H groups in total. The van der Waals surface area contributed by atoms with Crippen molar-refractivity contribution in [1.82, 2.24) is 0 Å². The van der Waals surface area contributed by atoms with Gasteiger partial charge in [-0.2, -0.15) is 0 Å². The van der Waals surface area contributed by atoms with E-state index in [0.717, 1.165) is 33.8 Å². The van der Waals surface area contributed by atoms with Crippen molar-refractivity contribution in [1.29, 1.82) is 0 Å². The molecule has 0 saturated carbocycles. The molecule has 0 amide bonds. The van der Waals surface area contributed by atoms with Crippen LogP contribution < -0.4 is 6.64 Å². The summed E-state index contributed by atoms with van der Waals surface area (Å²) in [4.78, 5) is 0. The van der Waals surface area contributed by atoms with Crippen molar-refractivity contribution in [2.24, 2.45) is 0 Å². The van der Waals surface area contributed by atoms with E-state index in [1.807, 2.05) is 12.1 Å². The molecule has 0 aromatic heterocycles. The van der Waals surface area contributed by atoms with Crippen LogP contribution in [0.1, 0.15) is 34.6 Å². The van der Waals surface area contributed by atoms with Crippen LogP contribution in [-0.2, 0) is 18.6 Å². The van der Waals surface area contributed by atoms with Gasteiger partial charge in [0.2, 0.25) is 0 Å². The Kier molecular flexibility index (Phi) is 7.24. The van der Waals surface area contributed by atoms with E-state index in [2.05, 4.69) is 132 Å². The van der Waals surface area contributed by atoms with Crippen molar-refractivity contribution in [2.45, 2.75) is 38.3 Å². The SMILES string of the molecule is CC1=C(C)[C](C)([Ti]([O]c2ccccc2-c2ccccc2)[O]c2ccccc2-c2ccccc2)C(C)=C1C. The third-order valence-electron chi connectivity index (χ3n) is 7.94. The standard InChI is InChI=1S/2C12H10O.C10H15.Ti/c2*13-12-9-5-4-8-11(12)10-6-2-1-3-7-10;1-6-7(2)9(4)10(5)8(6)3;/h2*1-9,13H;1-5H3;/q;;;+2/p-2. The Morgan fingerprint density at radius 1 is 0.486 bits per heavy atom. The molecular weight excluding hydrogens is 488 g/mol. The van der Waals surface area contributed by atoms with Crippen LogP contribution in [0.2, 0.25) is 3.72 Å². The summed E-state index contributed by atoms with van der Waals surface area (Å²) in [5.74, 6) is 1.76. The van der Waals surface area contributed by atoms with Gasteiger partial charge in [-0.25, -0.2) is 0 Å². The molecule has 0 heterocycles. The molecule has 0 bridgehead atoms. The second-order valence-corrected chi connectivity index (χ2v) is 12.9. The van der Waals surface area contributed by atoms with Crippen molar-refractivity contribution in [3.63, 3.8) is 0 Å². The maximum atomic E-state index is 7.10. The minimum absolute atomic E-state index is 0.262. The van der Waals surface area contributed by atoms with Crippen LogP contribution in [0.4, 0.5) is 0 Å². The van der Waals surface area contributed by atoms with Gasteiger partial charge in [0.15, 0.2) is 0 Å². The van der Waals surface area contributed by atoms with E-state index < -0.39 is 18.6 Å². The Morgan fingerprint density at radius 2 is 0.838 bits per heavy atom. The molecule has 5 rings (SSSR count). The van der Waals surface area contributed by atoms with Gasteiger partial charge < -0.3 is 0 Å². The fourth-order valence-corrected chi connectivity index (χ4v) is 8.57. The first-order chi connectivity index (χ1) is 17.9. The van der Waals surface area contributed by atoms with E-state index in [1.165, 1.54) is 22.3 Å². The minimum atomic E-state index is -2.84. The first kappa shape index (κ1) is 25.3. The fraction of sp³-hybridized carbons (Fsp3) is 0.176. The van der Waals surface area contributed by atoms with Crippen LogP contribution >= 0.6 is 0 Å². The van der Waals surface area contributed by atoms with Crippen molar-refractivity contribution in [3.8, 4) is 33.8 Å². The zero-order chi connectivity index (χ0) is 26.0. The molecule has 0 aliphatic heterocycles. The quantitative estimate of drug-likeness (QED) is 0.225. The second-order valence-electron chi connectivity index (χ2n) is 9.84. The number of allylic oxidation sites excluding steroid dienone is 4. The Bertz CT molecular complexity index is 1360. The van der Waals surface area contributed by atoms with Crippen LogP contribution in [0.5, 0.6) is 11.5 Å². The van der Waals surface area contributed by atoms with Crippen LogP contribution in [0.15, 0.2) is 131 Å². The summed E-state index contributed by atoms with van der Waals surface area (Å²) < 4.78 is 13.9. The van der Waals surface area contributed by atoms with Crippen LogP contribution in [0, 0.1) is 0 Å². The number of hydrogen-bond donors (Lipinski definition) is 0. The summed E-state index contributed by atoms with van der Waals surface area (Å²) in [6, 6.07) is 37.6. The van der Waals surface area contributed by atoms with Crippen LogP contribution in [0.3, 0.4) is 0 Å². The van der Waals surface area contributed by atoms with Crippen LogP contribution in [-0.4, -0.2) is 0 Å². The van der Waals surface area contributed by atoms with E-state index in [1.54, 1.807) is 0 Å². The van der Waals surface area contributed by atoms with Gasteiger partial charge >= 0.3 is 229 Å². The van der Waals surface area contributed by atoms with Gasteiger partial charge in [-0.15, -0.1) is 0 Å². The normalized spacial score (nSPS) is 14.6. The van der Waals surface area contributed by atoms with E-state index in [0.29, 0.717) is 0 Å². The molecule has 1 aliphatic carbocycles. The Hall–Kier alpha value is -3.33. The fourth-order valence-electron chi connectivity index (χ4n) is 5.15. The van der Waals surface area contributed by atoms with E-state index in [-0.39, 0.29) is 3.72 Å². The Morgan fingerprint density at radius 3 is 1.24 bits per heavy atom. The van der Waals surface area contributed by atoms with Gasteiger partial charge in [0.05, 0.1) is 0 Å². The van der Waals surface area contributed by atoms with Crippen molar-refractivity contribution < 1.29 is 25.3 Å². The predicted molar refractivity (Wildman–Crippen MR) is 150 cm³/mol. The molecule has 185 valence electrons. The van der Waals surface area contributed by atoms with Crippen molar-refractivity contribution in [3.05, 3.63) is 131 Å². The second kappa shape index (κ2) is 10.6. The molecule has 3 heteroatoms. The third-order valence-corrected chi connectivity index (χ3v) is 11.7. The zero-order valence-corrected chi connectivity index (χ0v) is 23.8. The average molecular weight is 522 g/mol. The van der Waals surface area contributed by atoms with Gasteiger partial charge in [0.1, 0.15) is 0 Å². The molecule has 0 unspecified atom stereocenters. The van der Waals surface area contributed by atoms with Crippen molar-refractivity contribution in [2.75, 3.05) is 0 Å². The monoisotopic (exact) mass is 521 g/mol. The molecule has 37 heavy (non-hydrogen) atoms. The van der Waals surface area contributed by atoms with Gasteiger partial charge in [-0.3, -0.25) is 0 Å². The average Bonchev–Trinajstić information content (AvgIpc) is 3.10. The number of benzene rings is 4. The summed E-state index contributed by atoms with van der Waals surface area (Å²) in [7, 11) is 0. The van der Waals surface area contributed by atoms with Crippen LogP contribution in [0.25, 0.3) is 22.3 Å². The first-order valence-corrected chi connectivity index (χ1v) is 14.8. The molecular formula is C34H33O2Ti. The first-order valence-electron chi connectivity index (χ1n) is 12.8. The zero-order valence-electron chi connectivity index (χ0n) is 22.2. The number of para-hydroxylation sites is 2. The van der Waals surface area contributed by atoms with E-state index in [4.69, 9.17) is 6.64 Å². The topological polar surface area (TPSA) is 18.5 Å². The van der Waals surface area contributed by atoms with E-state index >= 15 is 0 Å². The molecule has 0 fully saturated rings. The van der Waals surface area contributed by atoms with Gasteiger partial charge in [-0.05, 0) is 0 Å². The molecule has 0 saturated heterocycles. The third kappa shape index (κ3) is 4.72. The van der Waals surface area contributed by atoms with Crippen molar-refractivity contribution >= 4 is 0 Å². The molecule has 2 nitrogen and oxygen atoms in total. The Labute approximate surface area is 228 Å². The molecule has 0 atom stereocenters. The Balaban J connectivity index is 1.63. The summed E-state index contributed by atoms with van der Waals surface area (Å²) in [6.45, 7) is 11.3. The van der Waals surface area contributed by atoms with E-state index in [9.17, 15) is 0 Å². The summed E-state index contributed by atoms with van der Waals surface area (Å²) in [5, 5.41) is 0. The van der Waals surface area contributed by atoms with Gasteiger partial charge in [0, 0.05) is 0 Å². The number of hydrogen-bond acceptors (Lipinski definition) is 2. The van der Waals surface area contributed by atoms with Gasteiger partial charge in [0.25, 0.3) is 0 Å². The molecule has 4 aromatic carbocycles. The summed E-state index contributed by atoms with van der Waals surface area (Å²) in [5.41, 5.74) is 9.87. The number of rotatable bonds is 7. The van der Waals surface area contributed by atoms with Gasteiger partial charge in [-0.1, -0.05) is 0 Å². The molecule has 1 aliphatic rings. The molecule has 0 radical (unpaired) electrons.